The first kappa shape index (κ1) is 20.1. The first-order valence-corrected chi connectivity index (χ1v) is 8.31. The topological polar surface area (TPSA) is 83.1 Å². The predicted octanol–water partition coefficient (Wildman–Crippen LogP) is 2.57. The summed E-state index contributed by atoms with van der Waals surface area (Å²) in [6, 6.07) is 11.5. The second-order valence-electron chi connectivity index (χ2n) is 5.70. The molecular weight excluding hydrogens is 350 g/mol. The monoisotopic (exact) mass is 373 g/mol. The molecular formula is C20H23NO6. The third kappa shape index (κ3) is 5.13. The quantitative estimate of drug-likeness (QED) is 0.716. The van der Waals surface area contributed by atoms with E-state index in [0.717, 1.165) is 5.56 Å². The zero-order valence-corrected chi connectivity index (χ0v) is 15.8. The molecule has 27 heavy (non-hydrogen) atoms. The van der Waals surface area contributed by atoms with Crippen LogP contribution < -0.4 is 19.5 Å². The van der Waals surface area contributed by atoms with Crippen LogP contribution in [-0.2, 0) is 16.1 Å². The SMILES string of the molecule is COc1cc(C(=O)N[C@@H](C)C(=O)OCc2ccccc2)cc(OC)c1OC. The van der Waals surface area contributed by atoms with Crippen molar-refractivity contribution in [2.75, 3.05) is 21.3 Å². The lowest BCUT2D eigenvalue weighted by Gasteiger charge is -2.16. The van der Waals surface area contributed by atoms with E-state index in [0.29, 0.717) is 17.2 Å². The molecule has 0 aliphatic rings. The van der Waals surface area contributed by atoms with Gasteiger partial charge in [-0.2, -0.15) is 0 Å². The number of esters is 1. The van der Waals surface area contributed by atoms with Crippen LogP contribution in [0.3, 0.4) is 0 Å². The highest BCUT2D eigenvalue weighted by Gasteiger charge is 2.21. The summed E-state index contributed by atoms with van der Waals surface area (Å²) >= 11 is 0. The fraction of sp³-hybridized carbons (Fsp3) is 0.300. The third-order valence-corrected chi connectivity index (χ3v) is 3.85. The Bertz CT molecular complexity index is 765. The van der Waals surface area contributed by atoms with Crippen LogP contribution in [0, 0.1) is 0 Å². The van der Waals surface area contributed by atoms with Crippen molar-refractivity contribution < 1.29 is 28.5 Å². The summed E-state index contributed by atoms with van der Waals surface area (Å²) in [5, 5.41) is 2.61. The van der Waals surface area contributed by atoms with Crippen LogP contribution in [0.5, 0.6) is 17.2 Å². The van der Waals surface area contributed by atoms with Crippen molar-refractivity contribution in [3.05, 3.63) is 53.6 Å². The minimum atomic E-state index is -0.819. The molecule has 0 fully saturated rings. The molecule has 0 heterocycles. The van der Waals surface area contributed by atoms with E-state index in [1.807, 2.05) is 30.3 Å². The number of rotatable bonds is 8. The molecule has 144 valence electrons. The van der Waals surface area contributed by atoms with E-state index >= 15 is 0 Å². The molecule has 0 bridgehead atoms. The molecule has 2 aromatic carbocycles. The lowest BCUT2D eigenvalue weighted by Crippen LogP contribution is -2.39. The maximum atomic E-state index is 12.5. The number of carbonyl (C=O) groups is 2. The van der Waals surface area contributed by atoms with Gasteiger partial charge in [-0.1, -0.05) is 30.3 Å². The number of benzene rings is 2. The summed E-state index contributed by atoms with van der Waals surface area (Å²) < 4.78 is 20.9. The number of hydrogen-bond acceptors (Lipinski definition) is 6. The van der Waals surface area contributed by atoms with Gasteiger partial charge in [-0.3, -0.25) is 4.79 Å². The van der Waals surface area contributed by atoms with Gasteiger partial charge in [0.1, 0.15) is 12.6 Å². The maximum Gasteiger partial charge on any atom is 0.328 e. The number of carbonyl (C=O) groups excluding carboxylic acids is 2. The highest BCUT2D eigenvalue weighted by molar-refractivity contribution is 5.97. The van der Waals surface area contributed by atoms with Gasteiger partial charge in [-0.25, -0.2) is 4.79 Å². The fourth-order valence-corrected chi connectivity index (χ4v) is 2.40. The van der Waals surface area contributed by atoms with Crippen molar-refractivity contribution in [3.8, 4) is 17.2 Å². The third-order valence-electron chi connectivity index (χ3n) is 3.85. The van der Waals surface area contributed by atoms with Crippen molar-refractivity contribution in [2.45, 2.75) is 19.6 Å². The highest BCUT2D eigenvalue weighted by atomic mass is 16.5. The van der Waals surface area contributed by atoms with Crippen LogP contribution in [-0.4, -0.2) is 39.2 Å². The van der Waals surface area contributed by atoms with Gasteiger partial charge in [0, 0.05) is 5.56 Å². The molecule has 0 spiro atoms. The Morgan fingerprint density at radius 3 is 2.07 bits per heavy atom. The molecule has 1 amide bonds. The van der Waals surface area contributed by atoms with Crippen LogP contribution in [0.2, 0.25) is 0 Å². The molecule has 2 aromatic rings. The van der Waals surface area contributed by atoms with Crippen molar-refractivity contribution in [2.24, 2.45) is 0 Å². The summed E-state index contributed by atoms with van der Waals surface area (Å²) in [6.45, 7) is 1.70. The molecule has 1 atom stereocenters. The van der Waals surface area contributed by atoms with Crippen LogP contribution in [0.25, 0.3) is 0 Å². The summed E-state index contributed by atoms with van der Waals surface area (Å²) in [4.78, 5) is 24.6. The second kappa shape index (κ2) is 9.47. The Hall–Kier alpha value is -3.22. The number of ether oxygens (including phenoxy) is 4. The molecule has 0 saturated heterocycles. The van der Waals surface area contributed by atoms with E-state index in [9.17, 15) is 9.59 Å². The lowest BCUT2D eigenvalue weighted by atomic mass is 10.1. The molecule has 2 rings (SSSR count). The summed E-state index contributed by atoms with van der Waals surface area (Å²) in [5.41, 5.74) is 1.14. The summed E-state index contributed by atoms with van der Waals surface area (Å²) in [5.74, 6) is 0.0903. The van der Waals surface area contributed by atoms with Gasteiger partial charge in [0.2, 0.25) is 5.75 Å². The first-order chi connectivity index (χ1) is 13.0. The summed E-state index contributed by atoms with van der Waals surface area (Å²) in [6.07, 6.45) is 0. The normalized spacial score (nSPS) is 11.3. The zero-order chi connectivity index (χ0) is 19.8. The molecule has 0 aromatic heterocycles. The molecule has 0 aliphatic heterocycles. The Morgan fingerprint density at radius 2 is 1.56 bits per heavy atom. The van der Waals surface area contributed by atoms with Gasteiger partial charge in [-0.05, 0) is 24.6 Å². The number of hydrogen-bond donors (Lipinski definition) is 1. The lowest BCUT2D eigenvalue weighted by molar-refractivity contribution is -0.146. The fourth-order valence-electron chi connectivity index (χ4n) is 2.40. The Kier molecular flexibility index (Phi) is 7.05. The largest absolute Gasteiger partial charge is 0.493 e. The zero-order valence-electron chi connectivity index (χ0n) is 15.8. The Balaban J connectivity index is 2.04. The number of methoxy groups -OCH3 is 3. The molecule has 7 heteroatoms. The van der Waals surface area contributed by atoms with E-state index < -0.39 is 17.9 Å². The molecule has 1 N–H and O–H groups in total. The van der Waals surface area contributed by atoms with Gasteiger partial charge in [-0.15, -0.1) is 0 Å². The minimum Gasteiger partial charge on any atom is -0.493 e. The van der Waals surface area contributed by atoms with Gasteiger partial charge in [0.05, 0.1) is 21.3 Å². The van der Waals surface area contributed by atoms with Crippen molar-refractivity contribution in [3.63, 3.8) is 0 Å². The van der Waals surface area contributed by atoms with E-state index in [1.54, 1.807) is 6.92 Å². The van der Waals surface area contributed by atoms with E-state index in [2.05, 4.69) is 5.32 Å². The van der Waals surface area contributed by atoms with Crippen LogP contribution >= 0.6 is 0 Å². The summed E-state index contributed by atoms with van der Waals surface area (Å²) in [7, 11) is 4.40. The maximum absolute atomic E-state index is 12.5. The van der Waals surface area contributed by atoms with E-state index in [1.165, 1.54) is 33.5 Å². The standard InChI is InChI=1S/C20H23NO6/c1-13(20(23)27-12-14-8-6-5-7-9-14)21-19(22)15-10-16(24-2)18(26-4)17(11-15)25-3/h5-11,13H,12H2,1-4H3,(H,21,22)/t13-/m0/s1. The highest BCUT2D eigenvalue weighted by Crippen LogP contribution is 2.38. The number of amides is 1. The molecule has 0 radical (unpaired) electrons. The average molecular weight is 373 g/mol. The molecule has 7 nitrogen and oxygen atoms in total. The van der Waals surface area contributed by atoms with Gasteiger partial charge < -0.3 is 24.3 Å². The first-order valence-electron chi connectivity index (χ1n) is 8.31. The second-order valence-corrected chi connectivity index (χ2v) is 5.70. The van der Waals surface area contributed by atoms with Gasteiger partial charge >= 0.3 is 5.97 Å². The van der Waals surface area contributed by atoms with Crippen molar-refractivity contribution >= 4 is 11.9 Å². The molecule has 0 aliphatic carbocycles. The molecule has 0 unspecified atom stereocenters. The van der Waals surface area contributed by atoms with Crippen LogP contribution in [0.15, 0.2) is 42.5 Å². The van der Waals surface area contributed by atoms with Gasteiger partial charge in [0.15, 0.2) is 11.5 Å². The van der Waals surface area contributed by atoms with Gasteiger partial charge in [0.25, 0.3) is 5.91 Å². The Labute approximate surface area is 158 Å². The molecule has 0 saturated carbocycles. The van der Waals surface area contributed by atoms with E-state index in [4.69, 9.17) is 18.9 Å². The van der Waals surface area contributed by atoms with Crippen molar-refractivity contribution in [1.82, 2.24) is 5.32 Å². The van der Waals surface area contributed by atoms with E-state index in [-0.39, 0.29) is 12.2 Å². The number of nitrogens with one attached hydrogen (secondary N) is 1. The van der Waals surface area contributed by atoms with Crippen molar-refractivity contribution in [1.29, 1.82) is 0 Å². The minimum absolute atomic E-state index is 0.143. The smallest absolute Gasteiger partial charge is 0.328 e. The Morgan fingerprint density at radius 1 is 0.963 bits per heavy atom. The predicted molar refractivity (Wildman–Crippen MR) is 99.3 cm³/mol. The van der Waals surface area contributed by atoms with Crippen LogP contribution in [0.4, 0.5) is 0 Å². The van der Waals surface area contributed by atoms with Crippen LogP contribution in [0.1, 0.15) is 22.8 Å². The average Bonchev–Trinajstić information content (AvgIpc) is 2.71.